The van der Waals surface area contributed by atoms with Crippen LogP contribution in [0.1, 0.15) is 37.8 Å². The maximum atomic E-state index is 4.91. The van der Waals surface area contributed by atoms with Crippen LogP contribution in [0.25, 0.3) is 0 Å². The molecule has 2 heterocycles. The van der Waals surface area contributed by atoms with Crippen LogP contribution in [-0.4, -0.2) is 49.2 Å². The molecule has 114 valence electrons. The molecule has 0 amide bonds. The predicted molar refractivity (Wildman–Crippen MR) is 87.8 cm³/mol. The topological polar surface area (TPSA) is 31.4 Å². The van der Waals surface area contributed by atoms with E-state index < -0.39 is 0 Å². The van der Waals surface area contributed by atoms with Gasteiger partial charge < -0.3 is 15.1 Å². The second-order valence-corrected chi connectivity index (χ2v) is 7.00. The molecule has 0 aliphatic carbocycles. The van der Waals surface area contributed by atoms with Crippen molar-refractivity contribution < 1.29 is 0 Å². The van der Waals surface area contributed by atoms with Gasteiger partial charge in [-0.2, -0.15) is 0 Å². The molecule has 20 heavy (non-hydrogen) atoms. The highest BCUT2D eigenvalue weighted by atomic mass is 32.1. The molecule has 0 aromatic carbocycles. The molecule has 0 radical (unpaired) electrons. The fourth-order valence-electron chi connectivity index (χ4n) is 2.37. The van der Waals surface area contributed by atoms with Crippen LogP contribution in [0.4, 0.5) is 5.13 Å². The Morgan fingerprint density at radius 3 is 2.55 bits per heavy atom. The van der Waals surface area contributed by atoms with Crippen molar-refractivity contribution in [2.75, 3.05) is 38.1 Å². The van der Waals surface area contributed by atoms with Crippen molar-refractivity contribution in [1.29, 1.82) is 0 Å². The average molecular weight is 296 g/mol. The van der Waals surface area contributed by atoms with Gasteiger partial charge in [0.05, 0.1) is 5.69 Å². The number of piperazine rings is 1. The van der Waals surface area contributed by atoms with Crippen LogP contribution in [0, 0.1) is 0 Å². The number of nitrogens with one attached hydrogen (secondary N) is 1. The molecule has 1 aromatic rings. The summed E-state index contributed by atoms with van der Waals surface area (Å²) in [7, 11) is 2.19. The largest absolute Gasteiger partial charge is 0.346 e. The Bertz CT molecular complexity index is 408. The van der Waals surface area contributed by atoms with Crippen molar-refractivity contribution in [2.24, 2.45) is 0 Å². The van der Waals surface area contributed by atoms with Crippen LogP contribution < -0.4 is 10.2 Å². The van der Waals surface area contributed by atoms with Crippen LogP contribution in [-0.2, 0) is 13.0 Å². The van der Waals surface area contributed by atoms with E-state index in [0.29, 0.717) is 6.04 Å². The van der Waals surface area contributed by atoms with Crippen molar-refractivity contribution in [1.82, 2.24) is 15.2 Å². The van der Waals surface area contributed by atoms with Gasteiger partial charge in [0.2, 0.25) is 0 Å². The van der Waals surface area contributed by atoms with Gasteiger partial charge in [0.1, 0.15) is 0 Å². The molecule has 0 spiro atoms. The second kappa shape index (κ2) is 7.38. The van der Waals surface area contributed by atoms with E-state index in [1.165, 1.54) is 22.1 Å². The van der Waals surface area contributed by atoms with Crippen molar-refractivity contribution in [3.63, 3.8) is 0 Å². The maximum Gasteiger partial charge on any atom is 0.185 e. The summed E-state index contributed by atoms with van der Waals surface area (Å²) < 4.78 is 0. The summed E-state index contributed by atoms with van der Waals surface area (Å²) in [6.45, 7) is 12.1. The Morgan fingerprint density at radius 2 is 1.95 bits per heavy atom. The summed E-state index contributed by atoms with van der Waals surface area (Å²) in [4.78, 5) is 11.2. The summed E-state index contributed by atoms with van der Waals surface area (Å²) in [5.74, 6) is 0. The number of aromatic nitrogens is 1. The summed E-state index contributed by atoms with van der Waals surface area (Å²) in [6, 6.07) is 0.527. The molecule has 1 aliphatic heterocycles. The third kappa shape index (κ3) is 4.17. The zero-order valence-corrected chi connectivity index (χ0v) is 14.1. The number of anilines is 1. The molecule has 1 N–H and O–H groups in total. The average Bonchev–Trinajstić information content (AvgIpc) is 2.81. The van der Waals surface area contributed by atoms with Crippen molar-refractivity contribution in [2.45, 2.75) is 46.2 Å². The smallest absolute Gasteiger partial charge is 0.185 e. The van der Waals surface area contributed by atoms with Gasteiger partial charge in [0.25, 0.3) is 0 Å². The van der Waals surface area contributed by atoms with E-state index in [4.69, 9.17) is 4.98 Å². The van der Waals surface area contributed by atoms with Crippen LogP contribution in [0.2, 0.25) is 0 Å². The zero-order valence-electron chi connectivity index (χ0n) is 13.3. The molecule has 1 aliphatic rings. The minimum atomic E-state index is 0.527. The minimum Gasteiger partial charge on any atom is -0.346 e. The van der Waals surface area contributed by atoms with Crippen molar-refractivity contribution in [3.8, 4) is 0 Å². The number of aryl methyl sites for hydroxylation is 1. The van der Waals surface area contributed by atoms with E-state index in [1.807, 2.05) is 11.3 Å². The number of likely N-dealkylation sites (N-methyl/N-ethyl adjacent to an activating group) is 1. The van der Waals surface area contributed by atoms with E-state index in [2.05, 4.69) is 42.9 Å². The van der Waals surface area contributed by atoms with E-state index >= 15 is 0 Å². The fraction of sp³-hybridized carbons (Fsp3) is 0.800. The first-order valence-electron chi connectivity index (χ1n) is 7.75. The molecule has 2 rings (SSSR count). The van der Waals surface area contributed by atoms with E-state index in [1.54, 1.807) is 0 Å². The van der Waals surface area contributed by atoms with Crippen LogP contribution in [0.5, 0.6) is 0 Å². The lowest BCUT2D eigenvalue weighted by Crippen LogP contribution is -2.44. The standard InChI is InChI=1S/C15H28N4S/c1-5-6-13-14(11-16-12(2)3)20-15(17-13)19-9-7-18(4)8-10-19/h12,16H,5-11H2,1-4H3. The number of hydrogen-bond acceptors (Lipinski definition) is 5. The lowest BCUT2D eigenvalue weighted by Gasteiger charge is -2.32. The Hall–Kier alpha value is -0.650. The zero-order chi connectivity index (χ0) is 14.5. The van der Waals surface area contributed by atoms with Gasteiger partial charge in [-0.3, -0.25) is 0 Å². The molecule has 5 heteroatoms. The highest BCUT2D eigenvalue weighted by Gasteiger charge is 2.19. The van der Waals surface area contributed by atoms with Crippen LogP contribution >= 0.6 is 11.3 Å². The number of thiazole rings is 1. The summed E-state index contributed by atoms with van der Waals surface area (Å²) in [5, 5.41) is 4.75. The van der Waals surface area contributed by atoms with Gasteiger partial charge in [-0.25, -0.2) is 4.98 Å². The number of nitrogens with zero attached hydrogens (tertiary/aromatic N) is 3. The summed E-state index contributed by atoms with van der Waals surface area (Å²) in [5.41, 5.74) is 1.31. The highest BCUT2D eigenvalue weighted by Crippen LogP contribution is 2.28. The molecule has 0 atom stereocenters. The van der Waals surface area contributed by atoms with E-state index in [9.17, 15) is 0 Å². The second-order valence-electron chi connectivity index (χ2n) is 5.94. The molecule has 0 unspecified atom stereocenters. The lowest BCUT2D eigenvalue weighted by atomic mass is 10.2. The Labute approximate surface area is 127 Å². The minimum absolute atomic E-state index is 0.527. The van der Waals surface area contributed by atoms with Gasteiger partial charge in [0, 0.05) is 43.6 Å². The van der Waals surface area contributed by atoms with Gasteiger partial charge in [-0.05, 0) is 13.5 Å². The quantitative estimate of drug-likeness (QED) is 0.873. The Morgan fingerprint density at radius 1 is 1.25 bits per heavy atom. The molecule has 1 fully saturated rings. The first kappa shape index (κ1) is 15.7. The first-order chi connectivity index (χ1) is 9.60. The van der Waals surface area contributed by atoms with Crippen LogP contribution in [0.15, 0.2) is 0 Å². The number of rotatable bonds is 6. The lowest BCUT2D eigenvalue weighted by molar-refractivity contribution is 0.312. The Kier molecular flexibility index (Phi) is 5.81. The molecule has 1 saturated heterocycles. The molecular weight excluding hydrogens is 268 g/mol. The SMILES string of the molecule is CCCc1nc(N2CCN(C)CC2)sc1CNC(C)C. The fourth-order valence-corrected chi connectivity index (χ4v) is 3.48. The van der Waals surface area contributed by atoms with E-state index in [0.717, 1.165) is 39.1 Å². The van der Waals surface area contributed by atoms with Gasteiger partial charge >= 0.3 is 0 Å². The third-order valence-electron chi connectivity index (χ3n) is 3.70. The van der Waals surface area contributed by atoms with Crippen LogP contribution in [0.3, 0.4) is 0 Å². The van der Waals surface area contributed by atoms with Gasteiger partial charge in [-0.1, -0.05) is 27.2 Å². The molecule has 0 bridgehead atoms. The third-order valence-corrected chi connectivity index (χ3v) is 4.86. The summed E-state index contributed by atoms with van der Waals surface area (Å²) in [6.07, 6.45) is 2.26. The molecule has 4 nitrogen and oxygen atoms in total. The summed E-state index contributed by atoms with van der Waals surface area (Å²) >= 11 is 1.88. The molecule has 0 saturated carbocycles. The monoisotopic (exact) mass is 296 g/mol. The van der Waals surface area contributed by atoms with Crippen molar-refractivity contribution >= 4 is 16.5 Å². The van der Waals surface area contributed by atoms with Gasteiger partial charge in [0.15, 0.2) is 5.13 Å². The van der Waals surface area contributed by atoms with E-state index in [-0.39, 0.29) is 0 Å². The molecule has 1 aromatic heterocycles. The normalized spacial score (nSPS) is 17.1. The Balaban J connectivity index is 2.07. The molecular formula is C15H28N4S. The first-order valence-corrected chi connectivity index (χ1v) is 8.57. The van der Waals surface area contributed by atoms with Gasteiger partial charge in [-0.15, -0.1) is 11.3 Å². The highest BCUT2D eigenvalue weighted by molar-refractivity contribution is 7.15. The van der Waals surface area contributed by atoms with Crippen molar-refractivity contribution in [3.05, 3.63) is 10.6 Å². The predicted octanol–water partition coefficient (Wildman–Crippen LogP) is 2.35. The number of hydrogen-bond donors (Lipinski definition) is 1. The maximum absolute atomic E-state index is 4.91.